The average molecular weight is 262 g/mol. The first-order chi connectivity index (χ1) is 9.24. The fraction of sp³-hybridized carbons (Fsp3) is 0.938. The third-order valence-electron chi connectivity index (χ3n) is 6.39. The Hall–Kier alpha value is -0.570. The Morgan fingerprint density at radius 2 is 1.53 bits per heavy atom. The number of nitrogens with two attached hydrogens (primary N) is 1. The van der Waals surface area contributed by atoms with Gasteiger partial charge in [0.1, 0.15) is 0 Å². The predicted molar refractivity (Wildman–Crippen MR) is 74.3 cm³/mol. The molecule has 3 nitrogen and oxygen atoms in total. The van der Waals surface area contributed by atoms with Gasteiger partial charge in [0.25, 0.3) is 0 Å². The van der Waals surface area contributed by atoms with Crippen molar-refractivity contribution in [3.05, 3.63) is 0 Å². The minimum absolute atomic E-state index is 0.378. The number of hydrogen-bond acceptors (Lipinski definition) is 2. The molecule has 4 aliphatic carbocycles. The van der Waals surface area contributed by atoms with E-state index < -0.39 is 0 Å². The maximum absolute atomic E-state index is 12.5. The first-order valence-corrected chi connectivity index (χ1v) is 8.30. The van der Waals surface area contributed by atoms with Gasteiger partial charge in [-0.2, -0.15) is 0 Å². The lowest BCUT2D eigenvalue weighted by Crippen LogP contribution is -2.54. The van der Waals surface area contributed by atoms with Crippen LogP contribution in [0.4, 0.5) is 0 Å². The minimum Gasteiger partial charge on any atom is -0.353 e. The van der Waals surface area contributed by atoms with Crippen LogP contribution in [0.3, 0.4) is 0 Å². The minimum atomic E-state index is 0.378. The molecule has 0 aromatic heterocycles. The molecule has 0 aromatic carbocycles. The van der Waals surface area contributed by atoms with E-state index in [1.165, 1.54) is 38.5 Å². The average Bonchev–Trinajstić information content (AvgIpc) is 2.84. The number of rotatable bonds is 2. The summed E-state index contributed by atoms with van der Waals surface area (Å²) in [7, 11) is 0. The van der Waals surface area contributed by atoms with E-state index >= 15 is 0 Å². The number of hydrogen-bond donors (Lipinski definition) is 2. The standard InChI is InChI=1S/C16H26N2O/c17-11-7-9-3-1-4-10(8-11)15(9)18-16(19)14-12-5-2-6-13(12)14/h9-15H,1-8,17H2,(H,18,19). The molecule has 3 N–H and O–H groups in total. The van der Waals surface area contributed by atoms with Crippen LogP contribution in [0.2, 0.25) is 0 Å². The molecule has 2 bridgehead atoms. The number of carbonyl (C=O) groups is 1. The third-order valence-corrected chi connectivity index (χ3v) is 6.39. The Morgan fingerprint density at radius 3 is 2.16 bits per heavy atom. The lowest BCUT2D eigenvalue weighted by Gasteiger charge is -2.45. The van der Waals surface area contributed by atoms with Crippen LogP contribution in [0.5, 0.6) is 0 Å². The molecule has 0 aliphatic heterocycles. The molecule has 0 spiro atoms. The molecule has 4 saturated carbocycles. The largest absolute Gasteiger partial charge is 0.353 e. The number of nitrogens with one attached hydrogen (secondary N) is 1. The summed E-state index contributed by atoms with van der Waals surface area (Å²) in [4.78, 5) is 12.5. The van der Waals surface area contributed by atoms with Gasteiger partial charge in [0.05, 0.1) is 0 Å². The van der Waals surface area contributed by atoms with Crippen molar-refractivity contribution < 1.29 is 4.79 Å². The van der Waals surface area contributed by atoms with E-state index in [0.717, 1.165) is 24.7 Å². The molecule has 1 amide bonds. The first-order valence-electron chi connectivity index (χ1n) is 8.30. The van der Waals surface area contributed by atoms with Crippen LogP contribution in [0.25, 0.3) is 0 Å². The van der Waals surface area contributed by atoms with E-state index in [1.54, 1.807) is 0 Å². The number of amides is 1. The Balaban J connectivity index is 1.41. The van der Waals surface area contributed by atoms with Gasteiger partial charge in [-0.15, -0.1) is 0 Å². The second-order valence-electron chi connectivity index (χ2n) is 7.50. The fourth-order valence-corrected chi connectivity index (χ4v) is 5.50. The third kappa shape index (κ3) is 2.01. The molecule has 0 aromatic rings. The summed E-state index contributed by atoms with van der Waals surface area (Å²) in [6.07, 6.45) is 10.1. The van der Waals surface area contributed by atoms with E-state index in [2.05, 4.69) is 5.32 Å². The molecule has 19 heavy (non-hydrogen) atoms. The van der Waals surface area contributed by atoms with Crippen LogP contribution < -0.4 is 11.1 Å². The maximum atomic E-state index is 12.5. The highest BCUT2D eigenvalue weighted by Crippen LogP contribution is 2.57. The lowest BCUT2D eigenvalue weighted by molar-refractivity contribution is -0.125. The second-order valence-corrected chi connectivity index (χ2v) is 7.50. The van der Waals surface area contributed by atoms with Gasteiger partial charge in [-0.1, -0.05) is 12.8 Å². The van der Waals surface area contributed by atoms with Crippen LogP contribution in [-0.2, 0) is 4.79 Å². The van der Waals surface area contributed by atoms with Gasteiger partial charge in [-0.05, 0) is 62.2 Å². The summed E-state index contributed by atoms with van der Waals surface area (Å²) < 4.78 is 0. The molecule has 0 heterocycles. The van der Waals surface area contributed by atoms with Crippen molar-refractivity contribution in [2.45, 2.75) is 63.5 Å². The molecular formula is C16H26N2O. The van der Waals surface area contributed by atoms with E-state index in [9.17, 15) is 4.79 Å². The van der Waals surface area contributed by atoms with Crippen molar-refractivity contribution in [3.8, 4) is 0 Å². The summed E-state index contributed by atoms with van der Waals surface area (Å²) >= 11 is 0. The predicted octanol–water partition coefficient (Wildman–Crippen LogP) is 2.05. The molecule has 4 aliphatic rings. The zero-order chi connectivity index (χ0) is 13.0. The fourth-order valence-electron chi connectivity index (χ4n) is 5.50. The number of fused-ring (bicyclic) bond motifs is 3. The first kappa shape index (κ1) is 12.2. The lowest BCUT2D eigenvalue weighted by atomic mass is 9.67. The van der Waals surface area contributed by atoms with Crippen LogP contribution in [-0.4, -0.2) is 18.0 Å². The molecule has 0 saturated heterocycles. The summed E-state index contributed by atoms with van der Waals surface area (Å²) in [5.41, 5.74) is 6.15. The second kappa shape index (κ2) is 4.47. The summed E-state index contributed by atoms with van der Waals surface area (Å²) in [5.74, 6) is 3.56. The SMILES string of the molecule is NC1CC2CCCC(C1)C2NC(=O)C1C2CCCC21. The Labute approximate surface area is 115 Å². The van der Waals surface area contributed by atoms with Gasteiger partial charge in [-0.25, -0.2) is 0 Å². The highest BCUT2D eigenvalue weighted by molar-refractivity contribution is 5.82. The Kier molecular flexibility index (Phi) is 2.87. The maximum Gasteiger partial charge on any atom is 0.223 e. The van der Waals surface area contributed by atoms with E-state index in [-0.39, 0.29) is 0 Å². The number of carbonyl (C=O) groups excluding carboxylic acids is 1. The molecule has 4 fully saturated rings. The van der Waals surface area contributed by atoms with Crippen molar-refractivity contribution in [2.24, 2.45) is 35.3 Å². The van der Waals surface area contributed by atoms with Crippen molar-refractivity contribution in [2.75, 3.05) is 0 Å². The van der Waals surface area contributed by atoms with E-state index in [1.807, 2.05) is 0 Å². The van der Waals surface area contributed by atoms with Crippen LogP contribution in [0.15, 0.2) is 0 Å². The summed E-state index contributed by atoms with van der Waals surface area (Å²) in [6, 6.07) is 0.825. The zero-order valence-electron chi connectivity index (χ0n) is 11.7. The highest BCUT2D eigenvalue weighted by atomic mass is 16.2. The van der Waals surface area contributed by atoms with Crippen molar-refractivity contribution in [1.82, 2.24) is 5.32 Å². The monoisotopic (exact) mass is 262 g/mol. The Bertz CT molecular complexity index is 359. The molecular weight excluding hydrogens is 236 g/mol. The molecule has 106 valence electrons. The van der Waals surface area contributed by atoms with Gasteiger partial charge in [-0.3, -0.25) is 4.79 Å². The van der Waals surface area contributed by atoms with Gasteiger partial charge < -0.3 is 11.1 Å². The molecule has 4 rings (SSSR count). The van der Waals surface area contributed by atoms with Gasteiger partial charge in [0.2, 0.25) is 5.91 Å². The Morgan fingerprint density at radius 1 is 0.947 bits per heavy atom. The molecule has 4 unspecified atom stereocenters. The van der Waals surface area contributed by atoms with Crippen LogP contribution in [0.1, 0.15) is 51.4 Å². The summed E-state index contributed by atoms with van der Waals surface area (Å²) in [6.45, 7) is 0. The topological polar surface area (TPSA) is 55.1 Å². The molecule has 3 heteroatoms. The van der Waals surface area contributed by atoms with Crippen molar-refractivity contribution in [3.63, 3.8) is 0 Å². The molecule has 0 radical (unpaired) electrons. The van der Waals surface area contributed by atoms with E-state index in [0.29, 0.717) is 35.7 Å². The zero-order valence-corrected chi connectivity index (χ0v) is 11.7. The van der Waals surface area contributed by atoms with Crippen molar-refractivity contribution in [1.29, 1.82) is 0 Å². The normalized spacial score (nSPS) is 51.5. The quantitative estimate of drug-likeness (QED) is 0.800. The van der Waals surface area contributed by atoms with Gasteiger partial charge in [0.15, 0.2) is 0 Å². The smallest absolute Gasteiger partial charge is 0.223 e. The molecule has 4 atom stereocenters. The van der Waals surface area contributed by atoms with E-state index in [4.69, 9.17) is 5.73 Å². The van der Waals surface area contributed by atoms with Crippen molar-refractivity contribution >= 4 is 5.91 Å². The highest BCUT2D eigenvalue weighted by Gasteiger charge is 2.57. The van der Waals surface area contributed by atoms with Gasteiger partial charge in [0, 0.05) is 18.0 Å². The summed E-state index contributed by atoms with van der Waals surface area (Å²) in [5, 5.41) is 3.44. The van der Waals surface area contributed by atoms with Gasteiger partial charge >= 0.3 is 0 Å². The van der Waals surface area contributed by atoms with Crippen LogP contribution in [0, 0.1) is 29.6 Å². The van der Waals surface area contributed by atoms with Crippen LogP contribution >= 0.6 is 0 Å².